The lowest BCUT2D eigenvalue weighted by atomic mass is 10.2. The van der Waals surface area contributed by atoms with Crippen molar-refractivity contribution < 1.29 is 4.79 Å². The largest absolute Gasteiger partial charge is 0.369 e. The summed E-state index contributed by atoms with van der Waals surface area (Å²) in [5.74, 6) is 0.109. The Hall–Kier alpha value is -1.69. The highest BCUT2D eigenvalue weighted by Gasteiger charge is 2.03. The molecule has 1 heterocycles. The van der Waals surface area contributed by atoms with Crippen LogP contribution in [0.3, 0.4) is 0 Å². The van der Waals surface area contributed by atoms with E-state index in [-0.39, 0.29) is 5.69 Å². The Labute approximate surface area is 114 Å². The second kappa shape index (κ2) is 7.68. The van der Waals surface area contributed by atoms with Crippen molar-refractivity contribution in [2.45, 2.75) is 32.7 Å². The summed E-state index contributed by atoms with van der Waals surface area (Å²) >= 11 is 0. The highest BCUT2D eigenvalue weighted by atomic mass is 16.1. The van der Waals surface area contributed by atoms with Crippen LogP contribution in [0.25, 0.3) is 0 Å². The van der Waals surface area contributed by atoms with Gasteiger partial charge in [0.25, 0.3) is 5.91 Å². The molecule has 1 amide bonds. The summed E-state index contributed by atoms with van der Waals surface area (Å²) in [5, 5.41) is 10.8. The molecule has 0 aliphatic carbocycles. The highest BCUT2D eigenvalue weighted by Crippen LogP contribution is 2.03. The Bertz CT molecular complexity index is 391. The molecule has 6 nitrogen and oxygen atoms in total. The zero-order chi connectivity index (χ0) is 14.3. The molecule has 19 heavy (non-hydrogen) atoms. The summed E-state index contributed by atoms with van der Waals surface area (Å²) in [5.41, 5.74) is 5.27. The molecule has 0 fully saturated rings. The number of amides is 1. The lowest BCUT2D eigenvalue weighted by Crippen LogP contribution is -2.27. The van der Waals surface area contributed by atoms with Gasteiger partial charge in [-0.2, -0.15) is 0 Å². The van der Waals surface area contributed by atoms with E-state index in [0.717, 1.165) is 25.9 Å². The third kappa shape index (κ3) is 5.65. The lowest BCUT2D eigenvalue weighted by molar-refractivity contribution is 0.0994. The molecule has 6 heteroatoms. The first kappa shape index (κ1) is 15.4. The molecule has 0 saturated heterocycles. The number of aromatic nitrogens is 2. The van der Waals surface area contributed by atoms with E-state index in [9.17, 15) is 4.79 Å². The second-order valence-electron chi connectivity index (χ2n) is 4.88. The maximum absolute atomic E-state index is 10.8. The molecule has 1 aromatic rings. The molecule has 0 spiro atoms. The number of carbonyl (C=O) groups is 1. The number of nitrogens with two attached hydrogens (primary N) is 1. The molecule has 0 atom stereocenters. The van der Waals surface area contributed by atoms with Crippen LogP contribution in [0.1, 0.15) is 37.2 Å². The van der Waals surface area contributed by atoms with Crippen molar-refractivity contribution in [2.24, 2.45) is 5.73 Å². The minimum atomic E-state index is -0.559. The zero-order valence-corrected chi connectivity index (χ0v) is 11.9. The van der Waals surface area contributed by atoms with E-state index in [1.807, 2.05) is 0 Å². The number of anilines is 1. The van der Waals surface area contributed by atoms with E-state index < -0.39 is 5.91 Å². The molecule has 1 aromatic heterocycles. The number of rotatable bonds is 8. The van der Waals surface area contributed by atoms with Gasteiger partial charge >= 0.3 is 0 Å². The quantitative estimate of drug-likeness (QED) is 0.688. The lowest BCUT2D eigenvalue weighted by Gasteiger charge is -2.20. The molecule has 0 unspecified atom stereocenters. The number of hydrogen-bond donors (Lipinski definition) is 2. The van der Waals surface area contributed by atoms with E-state index >= 15 is 0 Å². The number of hydrogen-bond acceptors (Lipinski definition) is 5. The van der Waals surface area contributed by atoms with E-state index in [2.05, 4.69) is 41.3 Å². The summed E-state index contributed by atoms with van der Waals surface area (Å²) in [6.45, 7) is 6.31. The van der Waals surface area contributed by atoms with E-state index in [0.29, 0.717) is 11.9 Å². The summed E-state index contributed by atoms with van der Waals surface area (Å²) in [6, 6.07) is 3.87. The maximum atomic E-state index is 10.8. The number of primary amides is 1. The van der Waals surface area contributed by atoms with Crippen LogP contribution < -0.4 is 11.1 Å². The van der Waals surface area contributed by atoms with Gasteiger partial charge < -0.3 is 16.0 Å². The molecule has 0 saturated carbocycles. The summed E-state index contributed by atoms with van der Waals surface area (Å²) in [4.78, 5) is 13.1. The predicted molar refractivity (Wildman–Crippen MR) is 76.0 cm³/mol. The molecule has 0 aliphatic heterocycles. The topological polar surface area (TPSA) is 84.1 Å². The molecular weight excluding hydrogens is 242 g/mol. The number of carbonyl (C=O) groups excluding carboxylic acids is 1. The Morgan fingerprint density at radius 3 is 2.63 bits per heavy atom. The highest BCUT2D eigenvalue weighted by molar-refractivity contribution is 5.90. The molecule has 3 N–H and O–H groups in total. The van der Waals surface area contributed by atoms with Gasteiger partial charge in [-0.15, -0.1) is 10.2 Å². The minimum Gasteiger partial charge on any atom is -0.369 e. The van der Waals surface area contributed by atoms with Crippen LogP contribution in [-0.2, 0) is 0 Å². The van der Waals surface area contributed by atoms with Gasteiger partial charge in [-0.25, -0.2) is 0 Å². The Morgan fingerprint density at radius 1 is 1.37 bits per heavy atom. The van der Waals surface area contributed by atoms with Crippen molar-refractivity contribution in [3.63, 3.8) is 0 Å². The maximum Gasteiger partial charge on any atom is 0.269 e. The summed E-state index contributed by atoms with van der Waals surface area (Å²) in [6.07, 6.45) is 2.20. The fourth-order valence-corrected chi connectivity index (χ4v) is 1.52. The average molecular weight is 265 g/mol. The van der Waals surface area contributed by atoms with E-state index in [4.69, 9.17) is 5.73 Å². The normalized spacial score (nSPS) is 11.0. The molecule has 0 aliphatic rings. The number of unbranched alkanes of at least 4 members (excludes halogenated alkanes) is 1. The fourth-order valence-electron chi connectivity index (χ4n) is 1.52. The molecule has 1 rings (SSSR count). The first-order chi connectivity index (χ1) is 9.00. The van der Waals surface area contributed by atoms with Crippen LogP contribution in [0.15, 0.2) is 12.1 Å². The van der Waals surface area contributed by atoms with Gasteiger partial charge in [-0.05, 0) is 52.4 Å². The van der Waals surface area contributed by atoms with E-state index in [1.54, 1.807) is 12.1 Å². The Morgan fingerprint density at radius 2 is 2.11 bits per heavy atom. The van der Waals surface area contributed by atoms with Gasteiger partial charge in [-0.3, -0.25) is 4.79 Å². The van der Waals surface area contributed by atoms with E-state index in [1.165, 1.54) is 0 Å². The molecule has 0 bridgehead atoms. The molecule has 106 valence electrons. The van der Waals surface area contributed by atoms with Crippen molar-refractivity contribution in [2.75, 3.05) is 25.5 Å². The first-order valence-corrected chi connectivity index (χ1v) is 6.58. The molecular formula is C13H23N5O. The number of nitrogens with one attached hydrogen (secondary N) is 1. The van der Waals surface area contributed by atoms with Gasteiger partial charge in [0, 0.05) is 12.6 Å². The fraction of sp³-hybridized carbons (Fsp3) is 0.615. The van der Waals surface area contributed by atoms with Crippen LogP contribution in [-0.4, -0.2) is 47.2 Å². The van der Waals surface area contributed by atoms with Gasteiger partial charge in [0.05, 0.1) is 0 Å². The van der Waals surface area contributed by atoms with Crippen molar-refractivity contribution in [3.05, 3.63) is 17.8 Å². The van der Waals surface area contributed by atoms with Gasteiger partial charge in [0.15, 0.2) is 5.69 Å². The van der Waals surface area contributed by atoms with Gasteiger partial charge in [-0.1, -0.05) is 0 Å². The second-order valence-corrected chi connectivity index (χ2v) is 4.88. The molecule has 0 radical (unpaired) electrons. The van der Waals surface area contributed by atoms with Crippen LogP contribution in [0.4, 0.5) is 5.82 Å². The van der Waals surface area contributed by atoms with Crippen molar-refractivity contribution >= 4 is 11.7 Å². The van der Waals surface area contributed by atoms with Crippen molar-refractivity contribution in [3.8, 4) is 0 Å². The Kier molecular flexibility index (Phi) is 6.21. The van der Waals surface area contributed by atoms with Gasteiger partial charge in [0.2, 0.25) is 0 Å². The minimum absolute atomic E-state index is 0.184. The number of nitrogens with zero attached hydrogens (tertiary/aromatic N) is 3. The van der Waals surface area contributed by atoms with Crippen LogP contribution >= 0.6 is 0 Å². The Balaban J connectivity index is 2.21. The summed E-state index contributed by atoms with van der Waals surface area (Å²) < 4.78 is 0. The smallest absolute Gasteiger partial charge is 0.269 e. The summed E-state index contributed by atoms with van der Waals surface area (Å²) in [7, 11) is 2.13. The predicted octanol–water partition coefficient (Wildman–Crippen LogP) is 1.11. The zero-order valence-electron chi connectivity index (χ0n) is 11.9. The first-order valence-electron chi connectivity index (χ1n) is 6.58. The van der Waals surface area contributed by atoms with Crippen LogP contribution in [0.2, 0.25) is 0 Å². The van der Waals surface area contributed by atoms with Crippen LogP contribution in [0.5, 0.6) is 0 Å². The van der Waals surface area contributed by atoms with Crippen molar-refractivity contribution in [1.29, 1.82) is 0 Å². The average Bonchev–Trinajstić information content (AvgIpc) is 2.38. The third-order valence-electron chi connectivity index (χ3n) is 3.04. The van der Waals surface area contributed by atoms with Gasteiger partial charge in [0.1, 0.15) is 5.82 Å². The molecule has 0 aromatic carbocycles. The third-order valence-corrected chi connectivity index (χ3v) is 3.04. The standard InChI is InChI=1S/C13H23N5O/c1-10(2)18(3)9-5-4-8-15-12-7-6-11(13(14)19)16-17-12/h6-7,10H,4-5,8-9H2,1-3H3,(H2,14,19)(H,15,17). The van der Waals surface area contributed by atoms with Crippen LogP contribution in [0, 0.1) is 0 Å². The SMILES string of the molecule is CC(C)N(C)CCCCNc1ccc(C(N)=O)nn1. The monoisotopic (exact) mass is 265 g/mol. The van der Waals surface area contributed by atoms with Crippen molar-refractivity contribution in [1.82, 2.24) is 15.1 Å².